The normalized spacial score (nSPS) is 14.3. The molecule has 18 heavy (non-hydrogen) atoms. The Bertz CT molecular complexity index is 590. The van der Waals surface area contributed by atoms with Crippen molar-refractivity contribution in [2.45, 2.75) is 19.9 Å². The van der Waals surface area contributed by atoms with Gasteiger partial charge >= 0.3 is 0 Å². The quantitative estimate of drug-likeness (QED) is 0.806. The molecule has 1 aliphatic heterocycles. The van der Waals surface area contributed by atoms with E-state index in [4.69, 9.17) is 0 Å². The minimum Gasteiger partial charge on any atom is -0.312 e. The van der Waals surface area contributed by atoms with Gasteiger partial charge in [0.05, 0.1) is 0 Å². The molecule has 1 aliphatic rings. The number of halogens is 1. The van der Waals surface area contributed by atoms with Crippen molar-refractivity contribution < 1.29 is 4.39 Å². The number of hydrogen-bond donors (Lipinski definition) is 1. The first-order chi connectivity index (χ1) is 8.77. The fraction of sp³-hybridized carbons (Fsp3) is 0.250. The van der Waals surface area contributed by atoms with Gasteiger partial charge in [-0.25, -0.2) is 4.39 Å². The molecule has 2 aromatic carbocycles. The van der Waals surface area contributed by atoms with E-state index < -0.39 is 0 Å². The molecule has 1 nitrogen and oxygen atoms in total. The second kappa shape index (κ2) is 4.54. The Balaban J connectivity index is 2.22. The molecule has 2 aromatic rings. The molecular formula is C16H16FN. The van der Waals surface area contributed by atoms with Crippen LogP contribution in [-0.2, 0) is 13.0 Å². The van der Waals surface area contributed by atoms with Crippen molar-refractivity contribution in [3.05, 3.63) is 58.9 Å². The molecule has 0 amide bonds. The molecule has 3 rings (SSSR count). The molecule has 0 unspecified atom stereocenters. The second-order valence-corrected chi connectivity index (χ2v) is 4.79. The highest BCUT2D eigenvalue weighted by molar-refractivity contribution is 5.72. The van der Waals surface area contributed by atoms with Crippen LogP contribution in [-0.4, -0.2) is 6.54 Å². The minimum absolute atomic E-state index is 0.0659. The molecule has 0 saturated carbocycles. The maximum Gasteiger partial charge on any atom is 0.126 e. The van der Waals surface area contributed by atoms with E-state index in [9.17, 15) is 4.39 Å². The summed E-state index contributed by atoms with van der Waals surface area (Å²) in [4.78, 5) is 0. The summed E-state index contributed by atoms with van der Waals surface area (Å²) in [5.74, 6) is -0.0659. The zero-order chi connectivity index (χ0) is 12.5. The topological polar surface area (TPSA) is 12.0 Å². The first kappa shape index (κ1) is 11.4. The van der Waals surface area contributed by atoms with E-state index in [0.29, 0.717) is 0 Å². The summed E-state index contributed by atoms with van der Waals surface area (Å²) in [7, 11) is 0. The van der Waals surface area contributed by atoms with Crippen molar-refractivity contribution in [1.29, 1.82) is 0 Å². The van der Waals surface area contributed by atoms with Crippen molar-refractivity contribution in [1.82, 2.24) is 5.32 Å². The van der Waals surface area contributed by atoms with Crippen LogP contribution in [0.25, 0.3) is 11.1 Å². The summed E-state index contributed by atoms with van der Waals surface area (Å²) >= 11 is 0. The molecule has 1 heterocycles. The summed E-state index contributed by atoms with van der Waals surface area (Å²) < 4.78 is 13.8. The predicted octanol–water partition coefficient (Wildman–Crippen LogP) is 3.45. The Morgan fingerprint density at radius 2 is 1.83 bits per heavy atom. The molecule has 0 saturated heterocycles. The molecular weight excluding hydrogens is 225 g/mol. The van der Waals surface area contributed by atoms with E-state index in [-0.39, 0.29) is 5.82 Å². The van der Waals surface area contributed by atoms with Gasteiger partial charge < -0.3 is 5.32 Å². The molecule has 2 heteroatoms. The highest BCUT2D eigenvalue weighted by Crippen LogP contribution is 2.31. The van der Waals surface area contributed by atoms with Gasteiger partial charge in [-0.1, -0.05) is 30.3 Å². The van der Waals surface area contributed by atoms with Gasteiger partial charge in [0, 0.05) is 6.54 Å². The Hall–Kier alpha value is -1.67. The average molecular weight is 241 g/mol. The molecule has 1 N–H and O–H groups in total. The van der Waals surface area contributed by atoms with E-state index in [1.807, 2.05) is 18.2 Å². The van der Waals surface area contributed by atoms with Gasteiger partial charge in [0.2, 0.25) is 0 Å². The second-order valence-electron chi connectivity index (χ2n) is 4.79. The summed E-state index contributed by atoms with van der Waals surface area (Å²) in [6.07, 6.45) is 0.779. The van der Waals surface area contributed by atoms with Crippen LogP contribution in [0, 0.1) is 12.7 Å². The van der Waals surface area contributed by atoms with Gasteiger partial charge in [0.1, 0.15) is 5.82 Å². The van der Waals surface area contributed by atoms with Gasteiger partial charge in [-0.2, -0.15) is 0 Å². The predicted molar refractivity (Wildman–Crippen MR) is 72.0 cm³/mol. The maximum absolute atomic E-state index is 13.8. The number of aryl methyl sites for hydroxylation is 1. The zero-order valence-corrected chi connectivity index (χ0v) is 10.5. The zero-order valence-electron chi connectivity index (χ0n) is 10.5. The SMILES string of the molecule is Cc1ccccc1-c1ccc(F)c2c1CNCC2. The lowest BCUT2D eigenvalue weighted by Gasteiger charge is -2.22. The fourth-order valence-electron chi connectivity index (χ4n) is 2.69. The minimum atomic E-state index is -0.0659. The lowest BCUT2D eigenvalue weighted by Crippen LogP contribution is -2.25. The van der Waals surface area contributed by atoms with E-state index in [1.54, 1.807) is 6.07 Å². The molecule has 0 spiro atoms. The van der Waals surface area contributed by atoms with Crippen LogP contribution in [0.4, 0.5) is 4.39 Å². The molecule has 0 atom stereocenters. The van der Waals surface area contributed by atoms with Crippen molar-refractivity contribution in [3.8, 4) is 11.1 Å². The van der Waals surface area contributed by atoms with E-state index in [2.05, 4.69) is 24.4 Å². The molecule has 0 radical (unpaired) electrons. The molecule has 92 valence electrons. The molecule has 0 aliphatic carbocycles. The van der Waals surface area contributed by atoms with Crippen LogP contribution in [0.1, 0.15) is 16.7 Å². The number of fused-ring (bicyclic) bond motifs is 1. The van der Waals surface area contributed by atoms with Crippen molar-refractivity contribution in [3.63, 3.8) is 0 Å². The van der Waals surface area contributed by atoms with Crippen LogP contribution in [0.3, 0.4) is 0 Å². The summed E-state index contributed by atoms with van der Waals surface area (Å²) in [5, 5.41) is 3.33. The molecule has 0 aromatic heterocycles. The number of benzene rings is 2. The third-order valence-corrected chi connectivity index (χ3v) is 3.66. The molecule has 0 bridgehead atoms. The third-order valence-electron chi connectivity index (χ3n) is 3.66. The third kappa shape index (κ3) is 1.83. The summed E-state index contributed by atoms with van der Waals surface area (Å²) in [6.45, 7) is 3.72. The van der Waals surface area contributed by atoms with Crippen molar-refractivity contribution >= 4 is 0 Å². The highest BCUT2D eigenvalue weighted by atomic mass is 19.1. The number of nitrogens with one attached hydrogen (secondary N) is 1. The van der Waals surface area contributed by atoms with Crippen LogP contribution in [0.2, 0.25) is 0 Å². The van der Waals surface area contributed by atoms with E-state index >= 15 is 0 Å². The Kier molecular flexibility index (Phi) is 2.88. The first-order valence-corrected chi connectivity index (χ1v) is 6.34. The summed E-state index contributed by atoms with van der Waals surface area (Å²) in [5.41, 5.74) is 5.61. The number of rotatable bonds is 1. The lowest BCUT2D eigenvalue weighted by atomic mass is 9.90. The monoisotopic (exact) mass is 241 g/mol. The standard InChI is InChI=1S/C16H16FN/c1-11-4-2-3-5-12(11)13-6-7-16(17)14-8-9-18-10-15(13)14/h2-7,18H,8-10H2,1H3. The van der Waals surface area contributed by atoms with Gasteiger partial charge in [-0.15, -0.1) is 0 Å². The van der Waals surface area contributed by atoms with Crippen molar-refractivity contribution in [2.24, 2.45) is 0 Å². The van der Waals surface area contributed by atoms with Gasteiger partial charge in [0.15, 0.2) is 0 Å². The largest absolute Gasteiger partial charge is 0.312 e. The Morgan fingerprint density at radius 3 is 2.67 bits per heavy atom. The van der Waals surface area contributed by atoms with Crippen LogP contribution >= 0.6 is 0 Å². The Morgan fingerprint density at radius 1 is 1.00 bits per heavy atom. The number of hydrogen-bond acceptors (Lipinski definition) is 1. The van der Waals surface area contributed by atoms with Crippen LogP contribution in [0.5, 0.6) is 0 Å². The maximum atomic E-state index is 13.8. The summed E-state index contributed by atoms with van der Waals surface area (Å²) in [6, 6.07) is 11.8. The average Bonchev–Trinajstić information content (AvgIpc) is 2.41. The van der Waals surface area contributed by atoms with Gasteiger partial charge in [0.25, 0.3) is 0 Å². The van der Waals surface area contributed by atoms with E-state index in [0.717, 1.165) is 36.2 Å². The van der Waals surface area contributed by atoms with Crippen LogP contribution < -0.4 is 5.32 Å². The fourth-order valence-corrected chi connectivity index (χ4v) is 2.69. The smallest absolute Gasteiger partial charge is 0.126 e. The molecule has 0 fully saturated rings. The Labute approximate surface area is 107 Å². The van der Waals surface area contributed by atoms with Gasteiger partial charge in [-0.3, -0.25) is 0 Å². The van der Waals surface area contributed by atoms with E-state index in [1.165, 1.54) is 11.1 Å². The first-order valence-electron chi connectivity index (χ1n) is 6.34. The van der Waals surface area contributed by atoms with Crippen molar-refractivity contribution in [2.75, 3.05) is 6.54 Å². The van der Waals surface area contributed by atoms with Gasteiger partial charge in [-0.05, 0) is 53.8 Å². The van der Waals surface area contributed by atoms with Crippen LogP contribution in [0.15, 0.2) is 36.4 Å². The highest BCUT2D eigenvalue weighted by Gasteiger charge is 2.18. The lowest BCUT2D eigenvalue weighted by molar-refractivity contribution is 0.570.